The van der Waals surface area contributed by atoms with E-state index in [-0.39, 0.29) is 11.4 Å². The van der Waals surface area contributed by atoms with Crippen LogP contribution in [0.4, 0.5) is 0 Å². The lowest BCUT2D eigenvalue weighted by Gasteiger charge is -2.32. The van der Waals surface area contributed by atoms with Crippen molar-refractivity contribution < 1.29 is 9.59 Å². The standard InChI is InChI=1S/C36H45N5O3S.C30H40N4OS.C5H5ClN2O2/c1-21-15-22(2)17-24(16-21)32-28(11-14-40-12-9-23(10-13-40)18-25-19-31(42)38-35(44)37-25)29-20-30(45-33(29)39-32)36(3,4)34(43)41-26-5-6-27(41)8-7-26;1-19-15-20(2)17-21(16-19)27-24(9-12-33-13-10-31-11-14-33)25-18-26(36-28(25)32-27)30(3,4)29(35)34-22-5-6-23(34)8-7-22;6-2-3-1-4(9)8-5(10)7-3/h15-17,19-20,23,26-27,39H,5-14,18H2,1-4H3,(H2,37,38,42,44);15-18,22-23,31-32H,5-14H2,1-4H3;1H,2H2,(H2,7,8,9,10). The number of amides is 2. The number of aromatic amines is 6. The molecule has 0 radical (unpaired) electrons. The quantitative estimate of drug-likeness (QED) is 0.0485. The van der Waals surface area contributed by atoms with Gasteiger partial charge in [0, 0.05) is 107 Å². The second kappa shape index (κ2) is 26.8. The zero-order valence-corrected chi connectivity index (χ0v) is 56.5. The fourth-order valence-electron chi connectivity index (χ4n) is 15.7. The van der Waals surface area contributed by atoms with E-state index in [9.17, 15) is 28.8 Å². The number of alkyl halides is 1. The van der Waals surface area contributed by atoms with Gasteiger partial charge in [-0.15, -0.1) is 34.3 Å². The molecule has 6 saturated heterocycles. The Labute approximate surface area is 545 Å². The zero-order valence-electron chi connectivity index (χ0n) is 54.1. The topological polar surface area (TPSA) is 222 Å². The van der Waals surface area contributed by atoms with E-state index in [0.29, 0.717) is 47.6 Å². The second-order valence-electron chi connectivity index (χ2n) is 28.0. The third kappa shape index (κ3) is 13.9. The Bertz CT molecular complexity index is 4090. The first-order valence-electron chi connectivity index (χ1n) is 33.1. The van der Waals surface area contributed by atoms with Crippen molar-refractivity contribution in [1.82, 2.24) is 54.8 Å². The van der Waals surface area contributed by atoms with Crippen LogP contribution in [0.25, 0.3) is 42.9 Å². The molecule has 4 bridgehead atoms. The Hall–Kier alpha value is -6.61. The average molecular weight is 1290 g/mol. The maximum absolute atomic E-state index is 14.0. The highest BCUT2D eigenvalue weighted by molar-refractivity contribution is 7.19. The van der Waals surface area contributed by atoms with Gasteiger partial charge < -0.3 is 44.9 Å². The fraction of sp³-hybridized carbons (Fsp3) is 0.521. The van der Waals surface area contributed by atoms with Crippen molar-refractivity contribution in [1.29, 1.82) is 0 Å². The Morgan fingerprint density at radius 3 is 1.27 bits per heavy atom. The Kier molecular flexibility index (Phi) is 19.0. The fourth-order valence-corrected chi connectivity index (χ4v) is 18.2. The van der Waals surface area contributed by atoms with Gasteiger partial charge in [0.2, 0.25) is 11.8 Å². The second-order valence-corrected chi connectivity index (χ2v) is 30.3. The van der Waals surface area contributed by atoms with Crippen molar-refractivity contribution >= 4 is 66.5 Å². The minimum atomic E-state index is -0.553. The molecule has 91 heavy (non-hydrogen) atoms. The monoisotopic (exact) mass is 1290 g/mol. The number of rotatable bonds is 15. The van der Waals surface area contributed by atoms with Crippen LogP contribution in [0.1, 0.15) is 146 Å². The third-order valence-corrected chi connectivity index (χ3v) is 23.5. The normalized spacial score (nSPS) is 20.4. The van der Waals surface area contributed by atoms with E-state index >= 15 is 0 Å². The van der Waals surface area contributed by atoms with Crippen molar-refractivity contribution in [2.75, 3.05) is 52.4 Å². The largest absolute Gasteiger partial charge is 0.346 e. The highest BCUT2D eigenvalue weighted by atomic mass is 35.5. The number of piperidine rings is 1. The van der Waals surface area contributed by atoms with Crippen LogP contribution in [0, 0.1) is 33.6 Å². The van der Waals surface area contributed by atoms with E-state index in [4.69, 9.17) is 11.6 Å². The van der Waals surface area contributed by atoms with Crippen LogP contribution in [-0.4, -0.2) is 138 Å². The summed E-state index contributed by atoms with van der Waals surface area (Å²) >= 11 is 8.89. The Morgan fingerprint density at radius 1 is 0.495 bits per heavy atom. The number of nitrogens with zero attached hydrogens (tertiary/aromatic N) is 4. The number of aromatic nitrogens is 6. The number of carbonyl (C=O) groups excluding carboxylic acids is 2. The smallest absolute Gasteiger partial charge is 0.325 e. The molecule has 2 amide bonds. The number of piperazine rings is 1. The molecule has 6 fully saturated rings. The number of likely N-dealkylation sites (tertiary alicyclic amines) is 1. The molecule has 0 saturated carbocycles. The van der Waals surface area contributed by atoms with Crippen LogP contribution in [0.2, 0.25) is 0 Å². The predicted molar refractivity (Wildman–Crippen MR) is 369 cm³/mol. The zero-order chi connectivity index (χ0) is 64.0. The Balaban J connectivity index is 0.000000155. The van der Waals surface area contributed by atoms with Crippen LogP contribution in [0.15, 0.2) is 79.8 Å². The van der Waals surface area contributed by atoms with Crippen molar-refractivity contribution in [3.8, 4) is 22.5 Å². The van der Waals surface area contributed by atoms with Gasteiger partial charge in [0.05, 0.1) is 28.1 Å². The molecule has 7 N–H and O–H groups in total. The highest BCUT2D eigenvalue weighted by Crippen LogP contribution is 2.47. The summed E-state index contributed by atoms with van der Waals surface area (Å²) in [5.74, 6) is 1.21. The van der Waals surface area contributed by atoms with Gasteiger partial charge in [-0.2, -0.15) is 0 Å². The maximum Gasteiger partial charge on any atom is 0.325 e. The molecule has 0 aliphatic carbocycles. The summed E-state index contributed by atoms with van der Waals surface area (Å²) in [6.45, 7) is 25.6. The number of H-pyrrole nitrogens is 6. The van der Waals surface area contributed by atoms with E-state index in [2.05, 4.69) is 154 Å². The molecule has 14 rings (SSSR count). The SMILES string of the molecule is Cc1cc(C)cc(-c2[nH]c3sc(C(C)(C)C(=O)N4C5CCC4CC5)cc3c2CCN2CCC(Cc3cc(=O)[nH]c(=O)[nH]3)CC2)c1.Cc1cc(C)cc(-c2[nH]c3sc(C(C)(C)C(=O)N4C5CCC4CC5)cc3c2CCN2CCNCC2)c1.O=c1cc(CCl)[nH]c(=O)[nH]1. The first kappa shape index (κ1) is 64.5. The van der Waals surface area contributed by atoms with Gasteiger partial charge in [0.25, 0.3) is 11.1 Å². The lowest BCUT2D eigenvalue weighted by Crippen LogP contribution is -2.45. The van der Waals surface area contributed by atoms with Crippen LogP contribution < -0.4 is 27.8 Å². The first-order valence-corrected chi connectivity index (χ1v) is 35.2. The van der Waals surface area contributed by atoms with Crippen LogP contribution >= 0.6 is 34.3 Å². The van der Waals surface area contributed by atoms with Gasteiger partial charge in [0.1, 0.15) is 9.66 Å². The summed E-state index contributed by atoms with van der Waals surface area (Å²) in [7, 11) is 0. The predicted octanol–water partition coefficient (Wildman–Crippen LogP) is 11.0. The first-order chi connectivity index (χ1) is 43.6. The number of hydrogen-bond donors (Lipinski definition) is 7. The number of nitrogens with one attached hydrogen (secondary N) is 7. The molecule has 0 atom stereocenters. The van der Waals surface area contributed by atoms with Crippen LogP contribution in [-0.2, 0) is 45.6 Å². The molecule has 6 aromatic heterocycles. The van der Waals surface area contributed by atoms with Crippen molar-refractivity contribution in [2.24, 2.45) is 5.92 Å². The van der Waals surface area contributed by atoms with Crippen LogP contribution in [0.3, 0.4) is 0 Å². The molecular weight excluding hydrogens is 1200 g/mol. The molecule has 20 heteroatoms. The maximum atomic E-state index is 14.0. The van der Waals surface area contributed by atoms with Gasteiger partial charge in [-0.1, -0.05) is 34.4 Å². The summed E-state index contributed by atoms with van der Waals surface area (Å²) in [4.78, 5) is 104. The molecule has 0 spiro atoms. The molecule has 6 aliphatic rings. The van der Waals surface area contributed by atoms with Crippen molar-refractivity contribution in [3.63, 3.8) is 0 Å². The minimum absolute atomic E-state index is 0.138. The summed E-state index contributed by atoms with van der Waals surface area (Å²) in [6.07, 6.45) is 14.1. The number of halogens is 1. The number of hydrogen-bond acceptors (Lipinski definition) is 11. The number of fused-ring (bicyclic) bond motifs is 6. The number of benzene rings is 2. The molecule has 0 unspecified atom stereocenters. The summed E-state index contributed by atoms with van der Waals surface area (Å²) in [6, 6.07) is 22.8. The van der Waals surface area contributed by atoms with E-state index in [1.54, 1.807) is 22.7 Å². The number of aryl methyl sites for hydroxylation is 4. The van der Waals surface area contributed by atoms with E-state index < -0.39 is 27.8 Å². The molecule has 6 aliphatic heterocycles. The van der Waals surface area contributed by atoms with E-state index in [1.807, 2.05) is 4.98 Å². The lowest BCUT2D eigenvalue weighted by molar-refractivity contribution is -0.138. The summed E-state index contributed by atoms with van der Waals surface area (Å²) in [5.41, 5.74) is 11.2. The van der Waals surface area contributed by atoms with Gasteiger partial charge in [-0.25, -0.2) is 9.59 Å². The van der Waals surface area contributed by atoms with Gasteiger partial charge in [0.15, 0.2) is 0 Å². The average Bonchev–Trinajstić information content (AvgIpc) is 1.61. The van der Waals surface area contributed by atoms with Gasteiger partial charge in [-0.3, -0.25) is 29.1 Å². The number of carbonyl (C=O) groups is 2. The highest BCUT2D eigenvalue weighted by Gasteiger charge is 2.49. The molecule has 484 valence electrons. The van der Waals surface area contributed by atoms with E-state index in [1.165, 1.54) is 114 Å². The van der Waals surface area contributed by atoms with Crippen LogP contribution in [0.5, 0.6) is 0 Å². The lowest BCUT2D eigenvalue weighted by atomic mass is 9.88. The molecule has 17 nitrogen and oxygen atoms in total. The molecular formula is C71H90ClN11O6S2. The minimum Gasteiger partial charge on any atom is -0.346 e. The molecule has 2 aromatic carbocycles. The van der Waals surface area contributed by atoms with Crippen molar-refractivity contribution in [3.05, 3.63) is 157 Å². The Morgan fingerprint density at radius 2 is 0.879 bits per heavy atom. The van der Waals surface area contributed by atoms with Crippen molar-refractivity contribution in [2.45, 2.75) is 180 Å². The molecule has 12 heterocycles. The van der Waals surface area contributed by atoms with E-state index in [0.717, 1.165) is 126 Å². The van der Waals surface area contributed by atoms with Gasteiger partial charge >= 0.3 is 11.4 Å². The summed E-state index contributed by atoms with van der Waals surface area (Å²) in [5, 5.41) is 6.03. The third-order valence-electron chi connectivity index (χ3n) is 20.4. The number of thiophene rings is 2. The summed E-state index contributed by atoms with van der Waals surface area (Å²) < 4.78 is 0. The molecule has 8 aromatic rings. The van der Waals surface area contributed by atoms with Gasteiger partial charge in [-0.05, 0) is 217 Å².